The first-order valence-electron chi connectivity index (χ1n) is 4.24. The third-order valence-corrected chi connectivity index (χ3v) is 1.90. The highest BCUT2D eigenvalue weighted by Gasteiger charge is 2.26. The summed E-state index contributed by atoms with van der Waals surface area (Å²) in [5, 5.41) is 25.6. The number of carboxylic acids is 1. The predicted molar refractivity (Wildman–Crippen MR) is 49.1 cm³/mol. The van der Waals surface area contributed by atoms with Crippen molar-refractivity contribution in [2.45, 2.75) is 38.0 Å². The number of hydrogen-bond donors (Lipinski definition) is 4. The maximum Gasteiger partial charge on any atom is 0.451 e. The van der Waals surface area contributed by atoms with Crippen molar-refractivity contribution in [3.8, 4) is 0 Å². The van der Waals surface area contributed by atoms with Crippen LogP contribution in [0.3, 0.4) is 0 Å². The van der Waals surface area contributed by atoms with Gasteiger partial charge in [0.1, 0.15) is 5.54 Å². The van der Waals surface area contributed by atoms with Crippen LogP contribution in [-0.2, 0) is 4.79 Å². The Kier molecular flexibility index (Phi) is 4.98. The van der Waals surface area contributed by atoms with Crippen LogP contribution in [0.4, 0.5) is 0 Å². The van der Waals surface area contributed by atoms with E-state index in [0.29, 0.717) is 19.3 Å². The van der Waals surface area contributed by atoms with Crippen molar-refractivity contribution in [3.05, 3.63) is 0 Å². The van der Waals surface area contributed by atoms with Crippen molar-refractivity contribution in [2.24, 2.45) is 5.73 Å². The molecule has 0 radical (unpaired) electrons. The first-order chi connectivity index (χ1) is 5.86. The van der Waals surface area contributed by atoms with E-state index in [1.807, 2.05) is 0 Å². The number of nitrogens with two attached hydrogens (primary N) is 1. The lowest BCUT2D eigenvalue weighted by Gasteiger charge is -2.18. The van der Waals surface area contributed by atoms with E-state index in [0.717, 1.165) is 0 Å². The summed E-state index contributed by atoms with van der Waals surface area (Å²) in [5.74, 6) is -1.03. The molecule has 0 aliphatic rings. The summed E-state index contributed by atoms with van der Waals surface area (Å²) >= 11 is 0. The van der Waals surface area contributed by atoms with Gasteiger partial charge in [0.15, 0.2) is 0 Å². The SMILES string of the molecule is C[C@@](N)(CCCCB(O)O)C(=O)O. The molecule has 13 heavy (non-hydrogen) atoms. The van der Waals surface area contributed by atoms with Crippen molar-refractivity contribution in [3.63, 3.8) is 0 Å². The van der Waals surface area contributed by atoms with E-state index in [1.165, 1.54) is 6.92 Å². The van der Waals surface area contributed by atoms with Gasteiger partial charge in [-0.15, -0.1) is 0 Å². The standard InChI is InChI=1S/C7H16BNO4/c1-7(9,6(10)11)4-2-3-5-8(12)13/h12-13H,2-5,9H2,1H3,(H,10,11)/t7-/m1/s1. The highest BCUT2D eigenvalue weighted by atomic mass is 16.4. The number of aliphatic carboxylic acids is 1. The van der Waals surface area contributed by atoms with Gasteiger partial charge < -0.3 is 20.9 Å². The quantitative estimate of drug-likeness (QED) is 0.331. The lowest BCUT2D eigenvalue weighted by molar-refractivity contribution is -0.142. The van der Waals surface area contributed by atoms with Gasteiger partial charge >= 0.3 is 13.1 Å². The third kappa shape index (κ3) is 5.62. The number of carbonyl (C=O) groups is 1. The zero-order valence-electron chi connectivity index (χ0n) is 7.73. The van der Waals surface area contributed by atoms with Crippen LogP contribution in [0, 0.1) is 0 Å². The Hall–Kier alpha value is -0.585. The van der Waals surface area contributed by atoms with E-state index in [1.54, 1.807) is 0 Å². The average Bonchev–Trinajstić information content (AvgIpc) is 1.97. The molecule has 0 bridgehead atoms. The number of carboxylic acid groups (broad SMARTS) is 1. The van der Waals surface area contributed by atoms with E-state index >= 15 is 0 Å². The molecule has 5 nitrogen and oxygen atoms in total. The zero-order valence-corrected chi connectivity index (χ0v) is 7.73. The van der Waals surface area contributed by atoms with Gasteiger partial charge in [-0.3, -0.25) is 4.79 Å². The molecular weight excluding hydrogens is 173 g/mol. The van der Waals surface area contributed by atoms with E-state index < -0.39 is 18.6 Å². The number of hydrogen-bond acceptors (Lipinski definition) is 4. The van der Waals surface area contributed by atoms with Crippen molar-refractivity contribution in [2.75, 3.05) is 0 Å². The molecule has 0 aromatic rings. The van der Waals surface area contributed by atoms with Gasteiger partial charge in [-0.05, 0) is 19.7 Å². The first-order valence-corrected chi connectivity index (χ1v) is 4.24. The molecule has 0 heterocycles. The molecule has 1 atom stereocenters. The summed E-state index contributed by atoms with van der Waals surface area (Å²) in [7, 11) is -1.31. The monoisotopic (exact) mass is 189 g/mol. The minimum atomic E-state index is -1.31. The summed E-state index contributed by atoms with van der Waals surface area (Å²) < 4.78 is 0. The van der Waals surface area contributed by atoms with Crippen LogP contribution in [0.2, 0.25) is 6.32 Å². The first kappa shape index (κ1) is 12.4. The Bertz CT molecular complexity index is 172. The number of unbranched alkanes of at least 4 members (excludes halogenated alkanes) is 1. The summed E-state index contributed by atoms with van der Waals surface area (Å²) in [6, 6.07) is 0. The molecule has 0 saturated carbocycles. The van der Waals surface area contributed by atoms with E-state index in [9.17, 15) is 4.79 Å². The van der Waals surface area contributed by atoms with Gasteiger partial charge in [0.2, 0.25) is 0 Å². The van der Waals surface area contributed by atoms with Crippen molar-refractivity contribution < 1.29 is 19.9 Å². The van der Waals surface area contributed by atoms with Gasteiger partial charge in [0.05, 0.1) is 0 Å². The lowest BCUT2D eigenvalue weighted by Crippen LogP contribution is -2.44. The summed E-state index contributed by atoms with van der Waals surface area (Å²) in [5.41, 5.74) is 4.24. The summed E-state index contributed by atoms with van der Waals surface area (Å²) in [6.07, 6.45) is 1.75. The van der Waals surface area contributed by atoms with Gasteiger partial charge in [-0.2, -0.15) is 0 Å². The highest BCUT2D eigenvalue weighted by Crippen LogP contribution is 2.12. The fraction of sp³-hybridized carbons (Fsp3) is 0.857. The van der Waals surface area contributed by atoms with Crippen LogP contribution in [0.25, 0.3) is 0 Å². The Morgan fingerprint density at radius 1 is 1.46 bits per heavy atom. The van der Waals surface area contributed by atoms with Crippen LogP contribution >= 0.6 is 0 Å². The Morgan fingerprint density at radius 3 is 2.38 bits per heavy atom. The van der Waals surface area contributed by atoms with Crippen LogP contribution in [-0.4, -0.2) is 33.8 Å². The fourth-order valence-corrected chi connectivity index (χ4v) is 0.926. The van der Waals surface area contributed by atoms with Gasteiger partial charge in [-0.1, -0.05) is 12.8 Å². The fourth-order valence-electron chi connectivity index (χ4n) is 0.926. The second kappa shape index (κ2) is 5.21. The highest BCUT2D eigenvalue weighted by molar-refractivity contribution is 6.40. The van der Waals surface area contributed by atoms with Gasteiger partial charge in [0, 0.05) is 0 Å². The molecule has 5 N–H and O–H groups in total. The second-order valence-electron chi connectivity index (χ2n) is 3.45. The Morgan fingerprint density at radius 2 is 2.00 bits per heavy atom. The number of rotatable bonds is 6. The van der Waals surface area contributed by atoms with Gasteiger partial charge in [0.25, 0.3) is 0 Å². The maximum atomic E-state index is 10.5. The maximum absolute atomic E-state index is 10.5. The van der Waals surface area contributed by atoms with Crippen LogP contribution in [0.1, 0.15) is 26.2 Å². The van der Waals surface area contributed by atoms with E-state index in [4.69, 9.17) is 20.9 Å². The molecule has 6 heteroatoms. The molecule has 0 rings (SSSR count). The lowest BCUT2D eigenvalue weighted by atomic mass is 9.82. The minimum Gasteiger partial charge on any atom is -0.480 e. The Labute approximate surface area is 77.7 Å². The zero-order chi connectivity index (χ0) is 10.5. The minimum absolute atomic E-state index is 0.260. The summed E-state index contributed by atoms with van der Waals surface area (Å²) in [6.45, 7) is 1.45. The van der Waals surface area contributed by atoms with Crippen LogP contribution in [0.5, 0.6) is 0 Å². The molecule has 0 aromatic heterocycles. The molecule has 0 saturated heterocycles. The molecule has 0 fully saturated rings. The largest absolute Gasteiger partial charge is 0.480 e. The van der Waals surface area contributed by atoms with Crippen LogP contribution < -0.4 is 5.73 Å². The third-order valence-electron chi connectivity index (χ3n) is 1.90. The topological polar surface area (TPSA) is 104 Å². The molecular formula is C7H16BNO4. The molecule has 0 aromatic carbocycles. The van der Waals surface area contributed by atoms with Crippen molar-refractivity contribution in [1.29, 1.82) is 0 Å². The molecule has 76 valence electrons. The molecule has 0 aliphatic carbocycles. The van der Waals surface area contributed by atoms with E-state index in [-0.39, 0.29) is 6.32 Å². The molecule has 0 amide bonds. The molecule has 0 unspecified atom stereocenters. The van der Waals surface area contributed by atoms with Crippen molar-refractivity contribution in [1.82, 2.24) is 0 Å². The second-order valence-corrected chi connectivity index (χ2v) is 3.45. The molecule has 0 spiro atoms. The van der Waals surface area contributed by atoms with Crippen LogP contribution in [0.15, 0.2) is 0 Å². The predicted octanol–water partition coefficient (Wildman–Crippen LogP) is -0.569. The van der Waals surface area contributed by atoms with E-state index in [2.05, 4.69) is 0 Å². The normalized spacial score (nSPS) is 15.1. The molecule has 0 aliphatic heterocycles. The average molecular weight is 189 g/mol. The van der Waals surface area contributed by atoms with Crippen molar-refractivity contribution >= 4 is 13.1 Å². The Balaban J connectivity index is 3.58. The van der Waals surface area contributed by atoms with Gasteiger partial charge in [-0.25, -0.2) is 0 Å². The smallest absolute Gasteiger partial charge is 0.451 e. The summed E-state index contributed by atoms with van der Waals surface area (Å²) in [4.78, 5) is 10.5.